The van der Waals surface area contributed by atoms with Crippen LogP contribution in [0.15, 0.2) is 0 Å². The summed E-state index contributed by atoms with van der Waals surface area (Å²) >= 11 is 0. The van der Waals surface area contributed by atoms with Gasteiger partial charge in [-0.05, 0) is 31.7 Å². The number of rotatable bonds is 6. The molecule has 0 amide bonds. The minimum atomic E-state index is 0.604. The van der Waals surface area contributed by atoms with Gasteiger partial charge in [-0.15, -0.1) is 0 Å². The van der Waals surface area contributed by atoms with Gasteiger partial charge in [-0.2, -0.15) is 0 Å². The minimum absolute atomic E-state index is 0.604. The molecule has 0 spiro atoms. The van der Waals surface area contributed by atoms with Crippen molar-refractivity contribution in [2.45, 2.75) is 52.1 Å². The molecule has 2 heteroatoms. The molecule has 0 aromatic rings. The van der Waals surface area contributed by atoms with Crippen molar-refractivity contribution in [2.75, 3.05) is 13.1 Å². The van der Waals surface area contributed by atoms with Crippen LogP contribution in [0.1, 0.15) is 40.0 Å². The highest BCUT2D eigenvalue weighted by Gasteiger charge is 2.33. The smallest absolute Gasteiger partial charge is 0.0244 e. The summed E-state index contributed by atoms with van der Waals surface area (Å²) in [6, 6.07) is 1.46. The van der Waals surface area contributed by atoms with Crippen LogP contribution in [-0.2, 0) is 0 Å². The standard InChI is InChI=1S/C11H24N2/c1-4-7-13(10-5-6-10)11(8-12)9(2)3/h9-11H,4-8,12H2,1-3H3. The number of hydrogen-bond acceptors (Lipinski definition) is 2. The Bertz CT molecular complexity index is 141. The maximum atomic E-state index is 5.83. The van der Waals surface area contributed by atoms with Crippen LogP contribution in [0, 0.1) is 5.92 Å². The average molecular weight is 184 g/mol. The SMILES string of the molecule is CCCN(C1CC1)C(CN)C(C)C. The van der Waals surface area contributed by atoms with Crippen LogP contribution in [0.25, 0.3) is 0 Å². The number of hydrogen-bond donors (Lipinski definition) is 1. The van der Waals surface area contributed by atoms with Crippen molar-refractivity contribution in [3.8, 4) is 0 Å². The highest BCUT2D eigenvalue weighted by Crippen LogP contribution is 2.30. The van der Waals surface area contributed by atoms with Gasteiger partial charge in [0.2, 0.25) is 0 Å². The zero-order chi connectivity index (χ0) is 9.84. The fourth-order valence-corrected chi connectivity index (χ4v) is 2.07. The highest BCUT2D eigenvalue weighted by molar-refractivity contribution is 4.89. The quantitative estimate of drug-likeness (QED) is 0.682. The molecule has 1 aliphatic rings. The van der Waals surface area contributed by atoms with Crippen molar-refractivity contribution in [3.05, 3.63) is 0 Å². The van der Waals surface area contributed by atoms with Gasteiger partial charge >= 0.3 is 0 Å². The van der Waals surface area contributed by atoms with Crippen molar-refractivity contribution in [1.82, 2.24) is 4.90 Å². The summed E-state index contributed by atoms with van der Waals surface area (Å²) in [5.74, 6) is 0.692. The number of nitrogens with two attached hydrogens (primary N) is 1. The van der Waals surface area contributed by atoms with Crippen molar-refractivity contribution >= 4 is 0 Å². The first-order chi connectivity index (χ1) is 6.20. The van der Waals surface area contributed by atoms with Crippen molar-refractivity contribution in [1.29, 1.82) is 0 Å². The third-order valence-electron chi connectivity index (χ3n) is 2.93. The van der Waals surface area contributed by atoms with Crippen LogP contribution in [0.5, 0.6) is 0 Å². The molecule has 0 bridgehead atoms. The van der Waals surface area contributed by atoms with Crippen LogP contribution in [0.4, 0.5) is 0 Å². The van der Waals surface area contributed by atoms with E-state index in [9.17, 15) is 0 Å². The van der Waals surface area contributed by atoms with E-state index in [-0.39, 0.29) is 0 Å². The van der Waals surface area contributed by atoms with E-state index in [1.54, 1.807) is 0 Å². The predicted molar refractivity (Wildman–Crippen MR) is 57.7 cm³/mol. The van der Waals surface area contributed by atoms with Crippen molar-refractivity contribution in [2.24, 2.45) is 11.7 Å². The molecule has 13 heavy (non-hydrogen) atoms. The Hall–Kier alpha value is -0.0800. The molecule has 1 aliphatic carbocycles. The summed E-state index contributed by atoms with van der Waals surface area (Å²) in [7, 11) is 0. The fraction of sp³-hybridized carbons (Fsp3) is 1.00. The Morgan fingerprint density at radius 1 is 1.38 bits per heavy atom. The molecular formula is C11H24N2. The molecule has 0 aliphatic heterocycles. The van der Waals surface area contributed by atoms with Crippen LogP contribution >= 0.6 is 0 Å². The lowest BCUT2D eigenvalue weighted by molar-refractivity contribution is 0.150. The molecule has 1 rings (SSSR count). The summed E-state index contributed by atoms with van der Waals surface area (Å²) in [6.07, 6.45) is 4.03. The van der Waals surface area contributed by atoms with E-state index in [0.717, 1.165) is 12.6 Å². The first kappa shape index (κ1) is 11.0. The van der Waals surface area contributed by atoms with Gasteiger partial charge < -0.3 is 5.73 Å². The van der Waals surface area contributed by atoms with E-state index in [4.69, 9.17) is 5.73 Å². The van der Waals surface area contributed by atoms with E-state index in [0.29, 0.717) is 12.0 Å². The van der Waals surface area contributed by atoms with E-state index in [2.05, 4.69) is 25.7 Å². The summed E-state index contributed by atoms with van der Waals surface area (Å²) in [5, 5.41) is 0. The molecule has 1 unspecified atom stereocenters. The normalized spacial score (nSPS) is 19.8. The first-order valence-electron chi connectivity index (χ1n) is 5.66. The molecule has 78 valence electrons. The third kappa shape index (κ3) is 2.96. The van der Waals surface area contributed by atoms with Crippen LogP contribution in [0.2, 0.25) is 0 Å². The maximum Gasteiger partial charge on any atom is 0.0244 e. The van der Waals surface area contributed by atoms with Crippen molar-refractivity contribution in [3.63, 3.8) is 0 Å². The van der Waals surface area contributed by atoms with E-state index < -0.39 is 0 Å². The Labute approximate surface area is 82.5 Å². The summed E-state index contributed by atoms with van der Waals surface area (Å²) in [6.45, 7) is 8.85. The first-order valence-corrected chi connectivity index (χ1v) is 5.66. The molecule has 1 atom stereocenters. The van der Waals surface area contributed by atoms with Gasteiger partial charge in [-0.25, -0.2) is 0 Å². The second-order valence-corrected chi connectivity index (χ2v) is 4.52. The molecule has 0 aromatic carbocycles. The van der Waals surface area contributed by atoms with Gasteiger partial charge in [0.05, 0.1) is 0 Å². The van der Waals surface area contributed by atoms with E-state index >= 15 is 0 Å². The largest absolute Gasteiger partial charge is 0.329 e. The second kappa shape index (κ2) is 4.97. The molecular weight excluding hydrogens is 160 g/mol. The lowest BCUT2D eigenvalue weighted by atomic mass is 10.0. The highest BCUT2D eigenvalue weighted by atomic mass is 15.2. The Kier molecular flexibility index (Phi) is 4.20. The van der Waals surface area contributed by atoms with Gasteiger partial charge in [0, 0.05) is 18.6 Å². The van der Waals surface area contributed by atoms with Gasteiger partial charge in [0.1, 0.15) is 0 Å². The molecule has 0 aromatic heterocycles. The van der Waals surface area contributed by atoms with Gasteiger partial charge in [0.25, 0.3) is 0 Å². The Balaban J connectivity index is 2.48. The molecule has 1 fully saturated rings. The molecule has 1 saturated carbocycles. The second-order valence-electron chi connectivity index (χ2n) is 4.52. The predicted octanol–water partition coefficient (Wildman–Crippen LogP) is 1.84. The van der Waals surface area contributed by atoms with Gasteiger partial charge in [-0.3, -0.25) is 4.90 Å². The van der Waals surface area contributed by atoms with Crippen LogP contribution in [0.3, 0.4) is 0 Å². The summed E-state index contributed by atoms with van der Waals surface area (Å²) in [4.78, 5) is 2.63. The van der Waals surface area contributed by atoms with Crippen molar-refractivity contribution < 1.29 is 0 Å². The summed E-state index contributed by atoms with van der Waals surface area (Å²) in [5.41, 5.74) is 5.83. The molecule has 0 heterocycles. The van der Waals surface area contributed by atoms with Gasteiger partial charge in [-0.1, -0.05) is 20.8 Å². The van der Waals surface area contributed by atoms with Crippen LogP contribution in [-0.4, -0.2) is 30.1 Å². The zero-order valence-electron chi connectivity index (χ0n) is 9.29. The maximum absolute atomic E-state index is 5.83. The third-order valence-corrected chi connectivity index (χ3v) is 2.93. The Morgan fingerprint density at radius 2 is 2.00 bits per heavy atom. The lowest BCUT2D eigenvalue weighted by Crippen LogP contribution is -2.45. The Morgan fingerprint density at radius 3 is 2.31 bits per heavy atom. The minimum Gasteiger partial charge on any atom is -0.329 e. The van der Waals surface area contributed by atoms with E-state index in [1.807, 2.05) is 0 Å². The summed E-state index contributed by atoms with van der Waals surface area (Å²) < 4.78 is 0. The molecule has 0 radical (unpaired) electrons. The lowest BCUT2D eigenvalue weighted by Gasteiger charge is -2.33. The van der Waals surface area contributed by atoms with Crippen LogP contribution < -0.4 is 5.73 Å². The molecule has 2 N–H and O–H groups in total. The fourth-order valence-electron chi connectivity index (χ4n) is 2.07. The molecule has 0 saturated heterocycles. The molecule has 2 nitrogen and oxygen atoms in total. The average Bonchev–Trinajstić information content (AvgIpc) is 2.86. The number of nitrogens with zero attached hydrogens (tertiary/aromatic N) is 1. The van der Waals surface area contributed by atoms with Gasteiger partial charge in [0.15, 0.2) is 0 Å². The van der Waals surface area contributed by atoms with E-state index in [1.165, 1.54) is 25.8 Å². The zero-order valence-corrected chi connectivity index (χ0v) is 9.29. The topological polar surface area (TPSA) is 29.3 Å². The monoisotopic (exact) mass is 184 g/mol.